The van der Waals surface area contributed by atoms with Crippen molar-refractivity contribution < 1.29 is 17.5 Å². The lowest BCUT2D eigenvalue weighted by Crippen LogP contribution is -1.91. The second-order valence-corrected chi connectivity index (χ2v) is 8.38. The Morgan fingerprint density at radius 3 is 1.10 bits per heavy atom. The van der Waals surface area contributed by atoms with Crippen LogP contribution < -0.4 is 0 Å². The molecule has 4 aromatic rings. The van der Waals surface area contributed by atoms with Gasteiger partial charge >= 0.3 is 11.4 Å². The molecule has 0 aliphatic rings. The largest absolute Gasteiger partial charge is 0.759 e. The molecule has 0 aliphatic carbocycles. The van der Waals surface area contributed by atoms with Gasteiger partial charge in [0.05, 0.1) is 11.4 Å². The minimum absolute atomic E-state index is 0.407. The van der Waals surface area contributed by atoms with Gasteiger partial charge in [-0.3, -0.25) is 8.42 Å². The van der Waals surface area contributed by atoms with Gasteiger partial charge in [-0.05, 0) is 49.2 Å². The van der Waals surface area contributed by atoms with Gasteiger partial charge in [0.15, 0.2) is 21.3 Å². The molecular weight excluding hydrogens is 520 g/mol. The highest BCUT2D eigenvalue weighted by atomic mass is 32.3. The van der Waals surface area contributed by atoms with Gasteiger partial charge in [0, 0.05) is 22.5 Å². The molecule has 0 aromatic heterocycles. The van der Waals surface area contributed by atoms with Gasteiger partial charge in [-0.2, -0.15) is 10.2 Å². The first-order chi connectivity index (χ1) is 18.6. The Morgan fingerprint density at radius 1 is 0.538 bits per heavy atom. The molecule has 0 heterocycles. The van der Waals surface area contributed by atoms with Crippen LogP contribution >= 0.6 is 0 Å². The van der Waals surface area contributed by atoms with Crippen molar-refractivity contribution in [3.05, 3.63) is 118 Å². The van der Waals surface area contributed by atoms with Crippen LogP contribution in [-0.2, 0) is 10.4 Å². The Morgan fingerprint density at radius 2 is 0.795 bits per heavy atom. The van der Waals surface area contributed by atoms with Crippen LogP contribution in [0.15, 0.2) is 118 Å². The maximum atomic E-state index is 8.79. The summed E-state index contributed by atoms with van der Waals surface area (Å²) in [4.78, 5) is 6.30. The van der Waals surface area contributed by atoms with Crippen molar-refractivity contribution in [2.24, 2.45) is 20.5 Å². The fourth-order valence-electron chi connectivity index (χ4n) is 2.83. The standard InChI is InChI=1S/2C13H11N4.H2O4S/c2*1-10-6-2-3-7-11(10)16-17-13-9-5-4-8-12(13)15-14;1-5(2,3)4/h2*2-9H,1H3;(H2,1,2,3,4)/q2*+1;/p-2. The smallest absolute Gasteiger partial charge is 0.412 e. The van der Waals surface area contributed by atoms with Crippen molar-refractivity contribution >= 4 is 44.5 Å². The number of hydrogen-bond donors (Lipinski definition) is 0. The van der Waals surface area contributed by atoms with Crippen molar-refractivity contribution in [1.82, 2.24) is 0 Å². The minimum Gasteiger partial charge on any atom is -0.759 e. The third-order valence-corrected chi connectivity index (χ3v) is 4.74. The molecule has 0 bridgehead atoms. The van der Waals surface area contributed by atoms with Crippen LogP contribution in [0.4, 0.5) is 34.1 Å². The normalized spacial score (nSPS) is 10.5. The molecule has 13 heteroatoms. The molecule has 196 valence electrons. The summed E-state index contributed by atoms with van der Waals surface area (Å²) < 4.78 is 34.1. The maximum absolute atomic E-state index is 8.79. The van der Waals surface area contributed by atoms with Crippen molar-refractivity contribution in [1.29, 1.82) is 10.8 Å². The quantitative estimate of drug-likeness (QED) is 0.108. The molecule has 0 amide bonds. The number of hydrogen-bond acceptors (Lipinski definition) is 10. The molecule has 0 N–H and O–H groups in total. The van der Waals surface area contributed by atoms with E-state index in [4.69, 9.17) is 28.3 Å². The summed E-state index contributed by atoms with van der Waals surface area (Å²) in [7, 11) is -5.17. The van der Waals surface area contributed by atoms with E-state index in [-0.39, 0.29) is 0 Å². The molecule has 0 spiro atoms. The lowest BCUT2D eigenvalue weighted by molar-refractivity contribution is 0.352. The Bertz CT molecular complexity index is 1540. The zero-order valence-electron chi connectivity index (χ0n) is 20.9. The molecule has 0 unspecified atom stereocenters. The van der Waals surface area contributed by atoms with E-state index >= 15 is 0 Å². The Hall–Kier alpha value is -5.21. The summed E-state index contributed by atoms with van der Waals surface area (Å²) in [6.45, 7) is 3.94. The molecule has 4 rings (SSSR count). The van der Waals surface area contributed by atoms with Gasteiger partial charge < -0.3 is 9.11 Å². The van der Waals surface area contributed by atoms with Crippen LogP contribution in [0.25, 0.3) is 9.95 Å². The number of azo groups is 2. The Balaban J connectivity index is 0.000000234. The Labute approximate surface area is 225 Å². The molecular formula is C26H22N8O4S. The number of aryl methyl sites for hydroxylation is 2. The van der Waals surface area contributed by atoms with E-state index in [9.17, 15) is 0 Å². The zero-order valence-corrected chi connectivity index (χ0v) is 21.7. The lowest BCUT2D eigenvalue weighted by atomic mass is 10.2. The minimum atomic E-state index is -5.17. The van der Waals surface area contributed by atoms with Gasteiger partial charge in [-0.15, -0.1) is 10.2 Å². The fourth-order valence-corrected chi connectivity index (χ4v) is 2.83. The van der Waals surface area contributed by atoms with E-state index < -0.39 is 10.4 Å². The highest BCUT2D eigenvalue weighted by Gasteiger charge is 2.12. The molecule has 0 fully saturated rings. The van der Waals surface area contributed by atoms with Gasteiger partial charge in [0.2, 0.25) is 10.8 Å². The predicted octanol–water partition coefficient (Wildman–Crippen LogP) is 8.45. The van der Waals surface area contributed by atoms with Crippen molar-refractivity contribution in [3.63, 3.8) is 0 Å². The fraction of sp³-hybridized carbons (Fsp3) is 0.0769. The molecule has 4 aromatic carbocycles. The molecule has 0 aliphatic heterocycles. The number of rotatable bonds is 4. The topological polar surface area (TPSA) is 186 Å². The molecule has 0 radical (unpaired) electrons. The van der Waals surface area contributed by atoms with E-state index in [2.05, 4.69) is 30.4 Å². The van der Waals surface area contributed by atoms with Gasteiger partial charge in [0.25, 0.3) is 0 Å². The van der Waals surface area contributed by atoms with E-state index in [0.717, 1.165) is 22.5 Å². The van der Waals surface area contributed by atoms with Crippen molar-refractivity contribution in [2.75, 3.05) is 0 Å². The van der Waals surface area contributed by atoms with Crippen LogP contribution in [0.2, 0.25) is 0 Å². The van der Waals surface area contributed by atoms with Crippen LogP contribution in [0.5, 0.6) is 0 Å². The molecule has 39 heavy (non-hydrogen) atoms. The monoisotopic (exact) mass is 542 g/mol. The molecule has 12 nitrogen and oxygen atoms in total. The number of diazo groups is 2. The molecule has 0 atom stereocenters. The predicted molar refractivity (Wildman–Crippen MR) is 144 cm³/mol. The highest BCUT2D eigenvalue weighted by molar-refractivity contribution is 7.79. The van der Waals surface area contributed by atoms with Gasteiger partial charge in [-0.25, -0.2) is 0 Å². The number of nitrogens with zero attached hydrogens (tertiary/aromatic N) is 8. The molecule has 0 saturated heterocycles. The van der Waals surface area contributed by atoms with Crippen LogP contribution in [0.1, 0.15) is 11.1 Å². The second kappa shape index (κ2) is 15.1. The summed E-state index contributed by atoms with van der Waals surface area (Å²) in [5.41, 5.74) is 5.61. The van der Waals surface area contributed by atoms with Crippen LogP contribution in [0, 0.1) is 24.6 Å². The van der Waals surface area contributed by atoms with Crippen LogP contribution in [-0.4, -0.2) is 17.5 Å². The van der Waals surface area contributed by atoms with E-state index in [0.29, 0.717) is 22.7 Å². The zero-order chi connectivity index (χ0) is 28.7. The average molecular weight is 543 g/mol. The summed E-state index contributed by atoms with van der Waals surface area (Å²) in [5, 5.41) is 34.0. The summed E-state index contributed by atoms with van der Waals surface area (Å²) in [6, 6.07) is 29.5. The first kappa shape index (κ1) is 30.0. The number of benzene rings is 4. The average Bonchev–Trinajstić information content (AvgIpc) is 2.92. The highest BCUT2D eigenvalue weighted by Crippen LogP contribution is 2.30. The van der Waals surface area contributed by atoms with Gasteiger partial charge in [-0.1, -0.05) is 60.7 Å². The van der Waals surface area contributed by atoms with E-state index in [1.165, 1.54) is 0 Å². The van der Waals surface area contributed by atoms with E-state index in [1.807, 2.05) is 74.5 Å². The SMILES string of the molecule is Cc1ccccc1N=Nc1ccccc1[N+]#N.Cc1ccccc1N=Nc1ccccc1[N+]#N.O=S(=O)([O-])[O-]. The summed E-state index contributed by atoms with van der Waals surface area (Å²) >= 11 is 0. The maximum Gasteiger partial charge on any atom is 0.412 e. The Kier molecular flexibility index (Phi) is 11.6. The van der Waals surface area contributed by atoms with Crippen molar-refractivity contribution in [2.45, 2.75) is 13.8 Å². The molecule has 0 saturated carbocycles. The summed E-state index contributed by atoms with van der Waals surface area (Å²) in [5.74, 6) is 0. The van der Waals surface area contributed by atoms with Crippen molar-refractivity contribution in [3.8, 4) is 0 Å². The first-order valence-corrected chi connectivity index (χ1v) is 12.5. The summed E-state index contributed by atoms with van der Waals surface area (Å²) in [6.07, 6.45) is 0. The third-order valence-electron chi connectivity index (χ3n) is 4.74. The first-order valence-electron chi connectivity index (χ1n) is 11.1. The van der Waals surface area contributed by atoms with Gasteiger partial charge in [0.1, 0.15) is 0 Å². The third kappa shape index (κ3) is 11.2. The second-order valence-electron chi connectivity index (χ2n) is 7.56. The lowest BCUT2D eigenvalue weighted by Gasteiger charge is -2.06. The van der Waals surface area contributed by atoms with Crippen LogP contribution in [0.3, 0.4) is 0 Å². The van der Waals surface area contributed by atoms with E-state index in [1.54, 1.807) is 36.4 Å².